The number of fused-ring (bicyclic) bond motifs is 1. The lowest BCUT2D eigenvalue weighted by atomic mass is 10.1. The number of aromatic nitrogens is 3. The van der Waals surface area contributed by atoms with Gasteiger partial charge < -0.3 is 25.0 Å². The molecule has 1 amide bonds. The molecule has 2 atom stereocenters. The van der Waals surface area contributed by atoms with E-state index in [1.807, 2.05) is 36.4 Å². The van der Waals surface area contributed by atoms with E-state index in [0.29, 0.717) is 34.8 Å². The van der Waals surface area contributed by atoms with Gasteiger partial charge in [0.15, 0.2) is 10.9 Å². The highest BCUT2D eigenvalue weighted by Crippen LogP contribution is 2.35. The van der Waals surface area contributed by atoms with Crippen molar-refractivity contribution in [2.75, 3.05) is 54.9 Å². The Bertz CT molecular complexity index is 1540. The third kappa shape index (κ3) is 6.61. The highest BCUT2D eigenvalue weighted by atomic mass is 32.1. The van der Waals surface area contributed by atoms with Crippen molar-refractivity contribution in [1.82, 2.24) is 19.9 Å². The molecule has 4 aromatic rings. The lowest BCUT2D eigenvalue weighted by Gasteiger charge is -2.38. The van der Waals surface area contributed by atoms with Crippen molar-refractivity contribution in [3.05, 3.63) is 59.9 Å². The zero-order chi connectivity index (χ0) is 29.1. The number of rotatable bonds is 9. The molecule has 0 aliphatic carbocycles. The van der Waals surface area contributed by atoms with Gasteiger partial charge in [-0.05, 0) is 49.6 Å². The van der Waals surface area contributed by atoms with Crippen LogP contribution in [0, 0.1) is 5.82 Å². The number of carbonyl (C=O) groups excluding carboxylic acids is 1. The van der Waals surface area contributed by atoms with Crippen molar-refractivity contribution in [3.63, 3.8) is 0 Å². The maximum atomic E-state index is 13.4. The van der Waals surface area contributed by atoms with Crippen molar-refractivity contribution >= 4 is 44.4 Å². The first-order valence-corrected chi connectivity index (χ1v) is 15.1. The van der Waals surface area contributed by atoms with Crippen LogP contribution in [0.25, 0.3) is 10.2 Å². The second kappa shape index (κ2) is 12.6. The summed E-state index contributed by atoms with van der Waals surface area (Å²) < 4.78 is 26.4. The summed E-state index contributed by atoms with van der Waals surface area (Å²) in [6.07, 6.45) is 2.20. The number of hydrogen-bond acceptors (Lipinski definition) is 10. The van der Waals surface area contributed by atoms with Crippen molar-refractivity contribution in [2.24, 2.45) is 0 Å². The van der Waals surface area contributed by atoms with Crippen LogP contribution in [0.3, 0.4) is 0 Å². The molecule has 220 valence electrons. The first-order chi connectivity index (χ1) is 20.4. The molecule has 0 saturated carbocycles. The van der Waals surface area contributed by atoms with Gasteiger partial charge in [-0.3, -0.25) is 9.69 Å². The molecule has 2 aliphatic heterocycles. The Kier molecular flexibility index (Phi) is 8.45. The first-order valence-electron chi connectivity index (χ1n) is 14.3. The standard InChI is InChI=1S/C30H34FN7O3S/c1-19(21-8-10-22(31)11-9-21)37-12-14-38(15-13-37)26-17-27(35-29(34-26)32-18-23-5-4-16-40-23)41-24-6-3-7-25-28(24)36-30(42-25)33-20(2)39/h3,6-11,17,19,23H,4-5,12-16,18H2,1-2H3,(H,32,34,35)(H,33,36,39)/t19-,23?/m1/s1. The molecule has 10 nitrogen and oxygen atoms in total. The third-order valence-electron chi connectivity index (χ3n) is 7.62. The lowest BCUT2D eigenvalue weighted by molar-refractivity contribution is -0.114. The number of ether oxygens (including phenoxy) is 2. The molecule has 0 bridgehead atoms. The largest absolute Gasteiger partial charge is 0.436 e. The van der Waals surface area contributed by atoms with Crippen molar-refractivity contribution in [3.8, 4) is 11.6 Å². The topological polar surface area (TPSA) is 105 Å². The summed E-state index contributed by atoms with van der Waals surface area (Å²) >= 11 is 1.39. The average Bonchev–Trinajstić information content (AvgIpc) is 3.66. The van der Waals surface area contributed by atoms with Crippen LogP contribution < -0.4 is 20.3 Å². The molecule has 0 radical (unpaired) electrons. The van der Waals surface area contributed by atoms with Gasteiger partial charge in [0.1, 0.15) is 17.2 Å². The first kappa shape index (κ1) is 28.3. The number of anilines is 3. The zero-order valence-corrected chi connectivity index (χ0v) is 24.5. The van der Waals surface area contributed by atoms with Crippen molar-refractivity contribution in [1.29, 1.82) is 0 Å². The number of amides is 1. The van der Waals surface area contributed by atoms with E-state index >= 15 is 0 Å². The molecule has 0 spiro atoms. The van der Waals surface area contributed by atoms with Gasteiger partial charge in [0, 0.05) is 58.4 Å². The molecule has 4 heterocycles. The van der Waals surface area contributed by atoms with Crippen LogP contribution in [0.15, 0.2) is 48.5 Å². The van der Waals surface area contributed by atoms with Gasteiger partial charge in [0.05, 0.1) is 10.8 Å². The lowest BCUT2D eigenvalue weighted by Crippen LogP contribution is -2.47. The molecule has 42 heavy (non-hydrogen) atoms. The van der Waals surface area contributed by atoms with E-state index in [-0.39, 0.29) is 23.9 Å². The van der Waals surface area contributed by atoms with E-state index < -0.39 is 0 Å². The van der Waals surface area contributed by atoms with Gasteiger partial charge in [0.25, 0.3) is 0 Å². The molecule has 12 heteroatoms. The molecule has 2 saturated heterocycles. The van der Waals surface area contributed by atoms with E-state index in [1.54, 1.807) is 0 Å². The number of para-hydroxylation sites is 1. The van der Waals surface area contributed by atoms with Crippen LogP contribution in [0.2, 0.25) is 0 Å². The molecular weight excluding hydrogens is 557 g/mol. The Morgan fingerprint density at radius 3 is 2.69 bits per heavy atom. The van der Waals surface area contributed by atoms with Gasteiger partial charge in [-0.1, -0.05) is 29.5 Å². The van der Waals surface area contributed by atoms with Crippen LogP contribution in [-0.4, -0.2) is 71.2 Å². The smallest absolute Gasteiger partial charge is 0.228 e. The molecule has 2 aliphatic rings. The SMILES string of the molecule is CC(=O)Nc1nc2c(Oc3cc(N4CCN([C@H](C)c5ccc(F)cc5)CC4)nc(NCC4CCCO4)n3)cccc2s1. The number of thiazole rings is 1. The Morgan fingerprint density at radius 1 is 1.14 bits per heavy atom. The van der Waals surface area contributed by atoms with E-state index in [4.69, 9.17) is 14.5 Å². The van der Waals surface area contributed by atoms with Crippen LogP contribution in [0.1, 0.15) is 38.3 Å². The van der Waals surface area contributed by atoms with Gasteiger partial charge in [-0.15, -0.1) is 0 Å². The number of benzene rings is 2. The quantitative estimate of drug-likeness (QED) is 0.263. The molecule has 2 aromatic heterocycles. The summed E-state index contributed by atoms with van der Waals surface area (Å²) in [6.45, 7) is 8.23. The van der Waals surface area contributed by atoms with E-state index in [2.05, 4.69) is 37.3 Å². The Balaban J connectivity index is 1.22. The number of nitrogens with zero attached hydrogens (tertiary/aromatic N) is 5. The molecule has 6 rings (SSSR count). The number of halogens is 1. The summed E-state index contributed by atoms with van der Waals surface area (Å²) in [7, 11) is 0. The molecule has 2 aromatic carbocycles. The summed E-state index contributed by atoms with van der Waals surface area (Å²) in [6, 6.07) is 14.5. The Labute approximate surface area is 247 Å². The highest BCUT2D eigenvalue weighted by molar-refractivity contribution is 7.22. The van der Waals surface area contributed by atoms with Crippen LogP contribution in [0.4, 0.5) is 21.3 Å². The van der Waals surface area contributed by atoms with Gasteiger partial charge in [0.2, 0.25) is 17.7 Å². The van der Waals surface area contributed by atoms with Gasteiger partial charge >= 0.3 is 0 Å². The fourth-order valence-electron chi connectivity index (χ4n) is 5.33. The number of carbonyl (C=O) groups is 1. The predicted molar refractivity (Wildman–Crippen MR) is 162 cm³/mol. The second-order valence-corrected chi connectivity index (χ2v) is 11.6. The number of hydrogen-bond donors (Lipinski definition) is 2. The van der Waals surface area contributed by atoms with E-state index in [9.17, 15) is 9.18 Å². The maximum absolute atomic E-state index is 13.4. The fraction of sp³-hybridized carbons (Fsp3) is 0.400. The van der Waals surface area contributed by atoms with E-state index in [1.165, 1.54) is 30.4 Å². The third-order valence-corrected chi connectivity index (χ3v) is 8.55. The number of piperazine rings is 1. The Hall–Kier alpha value is -3.87. The van der Waals surface area contributed by atoms with Gasteiger partial charge in [-0.25, -0.2) is 9.37 Å². The van der Waals surface area contributed by atoms with Crippen LogP contribution in [0.5, 0.6) is 11.6 Å². The summed E-state index contributed by atoms with van der Waals surface area (Å²) in [5, 5.41) is 6.62. The zero-order valence-electron chi connectivity index (χ0n) is 23.7. The Morgan fingerprint density at radius 2 is 1.95 bits per heavy atom. The summed E-state index contributed by atoms with van der Waals surface area (Å²) in [4.78, 5) is 30.3. The molecular formula is C30H34FN7O3S. The molecule has 2 N–H and O–H groups in total. The summed E-state index contributed by atoms with van der Waals surface area (Å²) in [5.41, 5.74) is 1.75. The minimum Gasteiger partial charge on any atom is -0.436 e. The van der Waals surface area contributed by atoms with Crippen molar-refractivity contribution < 1.29 is 18.7 Å². The molecule has 2 fully saturated rings. The average molecular weight is 592 g/mol. The monoisotopic (exact) mass is 591 g/mol. The normalized spacial score (nSPS) is 18.3. The van der Waals surface area contributed by atoms with Crippen LogP contribution in [-0.2, 0) is 9.53 Å². The second-order valence-electron chi connectivity index (χ2n) is 10.6. The highest BCUT2D eigenvalue weighted by Gasteiger charge is 2.25. The van der Waals surface area contributed by atoms with Crippen LogP contribution >= 0.6 is 11.3 Å². The van der Waals surface area contributed by atoms with E-state index in [0.717, 1.165) is 61.7 Å². The minimum atomic E-state index is -0.222. The predicted octanol–water partition coefficient (Wildman–Crippen LogP) is 5.45. The number of nitrogens with one attached hydrogen (secondary N) is 2. The van der Waals surface area contributed by atoms with Crippen molar-refractivity contribution in [2.45, 2.75) is 38.8 Å². The molecule has 1 unspecified atom stereocenters. The summed E-state index contributed by atoms with van der Waals surface area (Å²) in [5.74, 6) is 1.80. The fourth-order valence-corrected chi connectivity index (χ4v) is 6.26. The minimum absolute atomic E-state index is 0.133. The maximum Gasteiger partial charge on any atom is 0.228 e. The van der Waals surface area contributed by atoms with Gasteiger partial charge in [-0.2, -0.15) is 9.97 Å².